The molecule has 0 atom stereocenters. The highest BCUT2D eigenvalue weighted by Gasteiger charge is 2.22. The molecule has 0 saturated carbocycles. The number of ether oxygens (including phenoxy) is 1. The molecule has 208 valence electrons. The molecule has 0 radical (unpaired) electrons. The van der Waals surface area contributed by atoms with Crippen LogP contribution in [0.4, 0.5) is 5.69 Å². The lowest BCUT2D eigenvalue weighted by atomic mass is 9.91. The van der Waals surface area contributed by atoms with Crippen LogP contribution in [0.15, 0.2) is 70.1 Å². The van der Waals surface area contributed by atoms with Crippen LogP contribution in [0.25, 0.3) is 15.8 Å². The summed E-state index contributed by atoms with van der Waals surface area (Å²) in [6.45, 7) is 12.0. The Labute approximate surface area is 235 Å². The maximum Gasteiger partial charge on any atom is 0.250 e. The fourth-order valence-electron chi connectivity index (χ4n) is 5.43. The number of pyridine rings is 1. The molecule has 0 aliphatic carbocycles. The summed E-state index contributed by atoms with van der Waals surface area (Å²) in [5, 5.41) is 5.56. The molecule has 2 aromatic carbocycles. The summed E-state index contributed by atoms with van der Waals surface area (Å²) >= 11 is 0. The molecule has 0 bridgehead atoms. The highest BCUT2D eigenvalue weighted by molar-refractivity contribution is 5.84. The van der Waals surface area contributed by atoms with E-state index in [0.717, 1.165) is 72.6 Å². The van der Waals surface area contributed by atoms with Gasteiger partial charge in [-0.05, 0) is 82.5 Å². The number of aryl methyl sites for hydroxylation is 1. The van der Waals surface area contributed by atoms with Crippen molar-refractivity contribution in [1.29, 1.82) is 0 Å². The molecule has 1 fully saturated rings. The van der Waals surface area contributed by atoms with Gasteiger partial charge in [0.15, 0.2) is 11.3 Å². The number of piperidine rings is 1. The third-order valence-corrected chi connectivity index (χ3v) is 7.76. The second-order valence-electron chi connectivity index (χ2n) is 10.9. The summed E-state index contributed by atoms with van der Waals surface area (Å²) in [5.41, 5.74) is 4.53. The lowest BCUT2D eigenvalue weighted by Crippen LogP contribution is -2.37. The summed E-state index contributed by atoms with van der Waals surface area (Å²) in [6, 6.07) is 16.9. The van der Waals surface area contributed by atoms with Crippen LogP contribution in [0.2, 0.25) is 0 Å². The van der Waals surface area contributed by atoms with E-state index in [1.165, 1.54) is 12.8 Å². The van der Waals surface area contributed by atoms with Gasteiger partial charge in [0.05, 0.1) is 17.8 Å². The number of fused-ring (bicyclic) bond motifs is 1. The minimum atomic E-state index is 0.0666. The van der Waals surface area contributed by atoms with E-state index in [9.17, 15) is 4.79 Å². The van der Waals surface area contributed by atoms with Gasteiger partial charge in [0.25, 0.3) is 5.56 Å². The molecule has 4 aromatic rings. The van der Waals surface area contributed by atoms with E-state index in [1.54, 1.807) is 16.7 Å². The van der Waals surface area contributed by atoms with Crippen molar-refractivity contribution in [3.63, 3.8) is 0 Å². The van der Waals surface area contributed by atoms with E-state index in [0.29, 0.717) is 24.8 Å². The first kappa shape index (κ1) is 27.6. The number of hydrogen-bond donors (Lipinski definition) is 0. The summed E-state index contributed by atoms with van der Waals surface area (Å²) in [5.74, 6) is 1.46. The average Bonchev–Trinajstić information content (AvgIpc) is 3.39. The maximum absolute atomic E-state index is 12.0. The first-order chi connectivity index (χ1) is 19.5. The van der Waals surface area contributed by atoms with Crippen molar-refractivity contribution >= 4 is 16.7 Å². The van der Waals surface area contributed by atoms with Crippen LogP contribution in [0.1, 0.15) is 36.1 Å². The summed E-state index contributed by atoms with van der Waals surface area (Å²) in [7, 11) is 4.07. The average molecular weight is 540 g/mol. The molecule has 0 N–H and O–H groups in total. The third-order valence-electron chi connectivity index (χ3n) is 7.76. The van der Waals surface area contributed by atoms with Crippen LogP contribution in [-0.4, -0.2) is 53.3 Å². The predicted molar refractivity (Wildman–Crippen MR) is 157 cm³/mol. The van der Waals surface area contributed by atoms with Crippen LogP contribution >= 0.6 is 0 Å². The van der Waals surface area contributed by atoms with Crippen molar-refractivity contribution in [2.75, 3.05) is 33.7 Å². The van der Waals surface area contributed by atoms with Gasteiger partial charge < -0.3 is 23.6 Å². The summed E-state index contributed by atoms with van der Waals surface area (Å²) in [4.78, 5) is 20.0. The molecule has 3 heterocycles. The molecule has 1 aliphatic heterocycles. The first-order valence-corrected chi connectivity index (χ1v) is 14.0. The van der Waals surface area contributed by atoms with Gasteiger partial charge >= 0.3 is 0 Å². The standard InChI is InChI=1S/C32H37N5O3/c1-33-26-10-7-25(8-11-26)23-39-30-14-12-27-29(34-40-32(27)28(30)22-35(2)3)13-9-24-15-18-36(19-16-24)20-21-37-17-5-4-6-31(37)38/h4-8,10-12,14,17,24H,9,13,15-16,18-23H2,2-3H3. The van der Waals surface area contributed by atoms with Gasteiger partial charge in [0.1, 0.15) is 12.4 Å². The van der Waals surface area contributed by atoms with E-state index in [-0.39, 0.29) is 5.56 Å². The zero-order valence-electron chi connectivity index (χ0n) is 23.4. The fraction of sp³-hybridized carbons (Fsp3) is 0.406. The number of aromatic nitrogens is 2. The van der Waals surface area contributed by atoms with Crippen LogP contribution in [0.5, 0.6) is 5.75 Å². The van der Waals surface area contributed by atoms with E-state index in [1.807, 2.05) is 56.7 Å². The Bertz CT molecular complexity index is 1510. The number of likely N-dealkylation sites (tertiary alicyclic amines) is 1. The van der Waals surface area contributed by atoms with Crippen LogP contribution < -0.4 is 10.3 Å². The lowest BCUT2D eigenvalue weighted by molar-refractivity contribution is 0.173. The Kier molecular flexibility index (Phi) is 8.94. The smallest absolute Gasteiger partial charge is 0.250 e. The van der Waals surface area contributed by atoms with Crippen molar-refractivity contribution < 1.29 is 9.26 Å². The topological polar surface area (TPSA) is 68.1 Å². The molecule has 8 nitrogen and oxygen atoms in total. The monoisotopic (exact) mass is 539 g/mol. The predicted octanol–water partition coefficient (Wildman–Crippen LogP) is 5.53. The van der Waals surface area contributed by atoms with Gasteiger partial charge in [-0.25, -0.2) is 4.85 Å². The van der Waals surface area contributed by atoms with Gasteiger partial charge in [0, 0.05) is 37.3 Å². The number of nitrogens with zero attached hydrogens (tertiary/aromatic N) is 5. The van der Waals surface area contributed by atoms with Crippen molar-refractivity contribution in [1.82, 2.24) is 19.5 Å². The molecular weight excluding hydrogens is 502 g/mol. The van der Waals surface area contributed by atoms with E-state index in [2.05, 4.69) is 25.9 Å². The van der Waals surface area contributed by atoms with Crippen LogP contribution in [0, 0.1) is 12.5 Å². The van der Waals surface area contributed by atoms with Gasteiger partial charge in [-0.15, -0.1) is 0 Å². The number of hydrogen-bond acceptors (Lipinski definition) is 6. The molecule has 8 heteroatoms. The summed E-state index contributed by atoms with van der Waals surface area (Å²) in [6.07, 6.45) is 6.19. The van der Waals surface area contributed by atoms with Crippen LogP contribution in [0.3, 0.4) is 0 Å². The van der Waals surface area contributed by atoms with Gasteiger partial charge in [0.2, 0.25) is 0 Å². The van der Waals surface area contributed by atoms with E-state index >= 15 is 0 Å². The fourth-order valence-corrected chi connectivity index (χ4v) is 5.43. The van der Waals surface area contributed by atoms with Crippen LogP contribution in [-0.2, 0) is 26.1 Å². The molecule has 0 amide bonds. The zero-order chi connectivity index (χ0) is 27.9. The highest BCUT2D eigenvalue weighted by Crippen LogP contribution is 2.33. The van der Waals surface area contributed by atoms with Gasteiger partial charge in [-0.3, -0.25) is 4.79 Å². The molecule has 0 unspecified atom stereocenters. The molecular formula is C32H37N5O3. The first-order valence-electron chi connectivity index (χ1n) is 14.0. The van der Waals surface area contributed by atoms with Crippen molar-refractivity contribution in [2.45, 2.75) is 45.4 Å². The zero-order valence-corrected chi connectivity index (χ0v) is 23.4. The van der Waals surface area contributed by atoms with E-state index in [4.69, 9.17) is 15.8 Å². The Balaban J connectivity index is 1.18. The third kappa shape index (κ3) is 6.79. The Morgan fingerprint density at radius 2 is 1.88 bits per heavy atom. The van der Waals surface area contributed by atoms with Gasteiger partial charge in [-0.1, -0.05) is 35.5 Å². The van der Waals surface area contributed by atoms with Crippen molar-refractivity contribution in [3.05, 3.63) is 99.4 Å². The highest BCUT2D eigenvalue weighted by atomic mass is 16.5. The van der Waals surface area contributed by atoms with Crippen molar-refractivity contribution in [2.24, 2.45) is 5.92 Å². The molecule has 0 spiro atoms. The lowest BCUT2D eigenvalue weighted by Gasteiger charge is -2.32. The minimum Gasteiger partial charge on any atom is -0.488 e. The number of rotatable bonds is 11. The second kappa shape index (κ2) is 12.9. The molecule has 2 aromatic heterocycles. The Morgan fingerprint density at radius 1 is 1.07 bits per heavy atom. The quantitative estimate of drug-likeness (QED) is 0.234. The Morgan fingerprint density at radius 3 is 2.60 bits per heavy atom. The SMILES string of the molecule is [C-]#[N+]c1ccc(COc2ccc3c(CCC4CCN(CCn5ccccc5=O)CC4)noc3c2CN(C)C)cc1. The Hall–Kier alpha value is -3.93. The molecule has 1 aliphatic rings. The maximum atomic E-state index is 12.0. The van der Waals surface area contributed by atoms with E-state index < -0.39 is 0 Å². The second-order valence-corrected chi connectivity index (χ2v) is 10.9. The normalized spacial score (nSPS) is 14.6. The molecule has 1 saturated heterocycles. The van der Waals surface area contributed by atoms with Crippen molar-refractivity contribution in [3.8, 4) is 5.75 Å². The minimum absolute atomic E-state index is 0.0666. The molecule has 40 heavy (non-hydrogen) atoms. The number of benzene rings is 2. The largest absolute Gasteiger partial charge is 0.488 e. The van der Waals surface area contributed by atoms with Gasteiger partial charge in [-0.2, -0.15) is 0 Å². The summed E-state index contributed by atoms with van der Waals surface area (Å²) < 4.78 is 13.9. The molecule has 5 rings (SSSR count).